The summed E-state index contributed by atoms with van der Waals surface area (Å²) in [6.45, 7) is 2.98. The maximum Gasteiger partial charge on any atom is 0.326 e. The van der Waals surface area contributed by atoms with E-state index >= 15 is 0 Å². The number of amides is 2. The first-order chi connectivity index (χ1) is 14.4. The molecule has 6 N–H and O–H groups in total. The summed E-state index contributed by atoms with van der Waals surface area (Å²) in [6.07, 6.45) is 3.72. The molecule has 3 fully saturated rings. The highest BCUT2D eigenvalue weighted by Gasteiger charge is 2.40. The van der Waals surface area contributed by atoms with Gasteiger partial charge in [-0.15, -0.1) is 0 Å². The van der Waals surface area contributed by atoms with Crippen LogP contribution in [0, 0.1) is 0 Å². The van der Waals surface area contributed by atoms with Crippen molar-refractivity contribution >= 4 is 23.7 Å². The first-order valence-corrected chi connectivity index (χ1v) is 10.6. The van der Waals surface area contributed by atoms with Crippen LogP contribution in [0.5, 0.6) is 0 Å². The predicted octanol–water partition coefficient (Wildman–Crippen LogP) is -1.54. The second-order valence-corrected chi connectivity index (χ2v) is 8.15. The Morgan fingerprint density at radius 1 is 1.17 bits per heavy atom. The smallest absolute Gasteiger partial charge is 0.326 e. The van der Waals surface area contributed by atoms with Crippen molar-refractivity contribution in [1.82, 2.24) is 15.1 Å². The molecule has 3 rings (SSSR count). The summed E-state index contributed by atoms with van der Waals surface area (Å²) in [6, 6.07) is -1.94. The molecule has 0 aliphatic carbocycles. The van der Waals surface area contributed by atoms with Gasteiger partial charge in [0.1, 0.15) is 12.1 Å². The fraction of sp³-hybridized carbons (Fsp3) is 0.789. The minimum absolute atomic E-state index is 0.0312. The molecular weight excluding hydrogens is 392 g/mol. The van der Waals surface area contributed by atoms with Crippen molar-refractivity contribution in [3.8, 4) is 0 Å². The zero-order valence-electron chi connectivity index (χ0n) is 17.2. The summed E-state index contributed by atoms with van der Waals surface area (Å²) in [7, 11) is 0. The van der Waals surface area contributed by atoms with Crippen LogP contribution in [0.3, 0.4) is 0 Å². The average Bonchev–Trinajstić information content (AvgIpc) is 3.18. The lowest BCUT2D eigenvalue weighted by atomic mass is 10.1. The molecule has 11 heteroatoms. The van der Waals surface area contributed by atoms with Crippen LogP contribution < -0.4 is 16.8 Å². The van der Waals surface area contributed by atoms with Crippen LogP contribution >= 0.6 is 0 Å². The van der Waals surface area contributed by atoms with Gasteiger partial charge in [-0.2, -0.15) is 0 Å². The van der Waals surface area contributed by atoms with E-state index < -0.39 is 18.1 Å². The number of guanidine groups is 1. The van der Waals surface area contributed by atoms with Crippen molar-refractivity contribution in [3.63, 3.8) is 0 Å². The van der Waals surface area contributed by atoms with Gasteiger partial charge in [0.05, 0.1) is 18.8 Å². The lowest BCUT2D eigenvalue weighted by Crippen LogP contribution is -2.55. The van der Waals surface area contributed by atoms with Gasteiger partial charge in [-0.1, -0.05) is 0 Å². The van der Waals surface area contributed by atoms with Crippen LogP contribution in [0.15, 0.2) is 4.99 Å². The van der Waals surface area contributed by atoms with Gasteiger partial charge in [0.15, 0.2) is 5.96 Å². The average molecular weight is 425 g/mol. The van der Waals surface area contributed by atoms with Crippen LogP contribution in [-0.2, 0) is 19.1 Å². The number of likely N-dealkylation sites (tertiary alicyclic amines) is 2. The van der Waals surface area contributed by atoms with E-state index in [0.29, 0.717) is 45.3 Å². The number of nitrogens with one attached hydrogen (secondary N) is 1. The Hall–Kier alpha value is -2.40. The van der Waals surface area contributed by atoms with Gasteiger partial charge >= 0.3 is 5.97 Å². The predicted molar refractivity (Wildman–Crippen MR) is 109 cm³/mol. The molecule has 1 unspecified atom stereocenters. The van der Waals surface area contributed by atoms with Crippen molar-refractivity contribution in [2.24, 2.45) is 16.5 Å². The van der Waals surface area contributed by atoms with Gasteiger partial charge in [0, 0.05) is 19.6 Å². The monoisotopic (exact) mass is 424 g/mol. The maximum absolute atomic E-state index is 13.1. The SMILES string of the molecule is NC(N)=NCCC[C@H](NC(=O)[C@@H]1CCCN1CC1CO1)C(=O)N1CCC[C@H]1C(=O)O. The Kier molecular flexibility index (Phi) is 7.48. The normalized spacial score (nSPS) is 26.9. The molecule has 3 aliphatic rings. The molecule has 0 aromatic rings. The van der Waals surface area contributed by atoms with Crippen LogP contribution in [0.1, 0.15) is 38.5 Å². The molecule has 0 spiro atoms. The van der Waals surface area contributed by atoms with Crippen molar-refractivity contribution in [1.29, 1.82) is 0 Å². The minimum atomic E-state index is -1.02. The molecule has 3 heterocycles. The zero-order chi connectivity index (χ0) is 21.7. The Labute approximate surface area is 175 Å². The van der Waals surface area contributed by atoms with E-state index in [0.717, 1.165) is 26.0 Å². The molecule has 3 saturated heterocycles. The van der Waals surface area contributed by atoms with E-state index in [9.17, 15) is 19.5 Å². The molecular formula is C19H32N6O5. The van der Waals surface area contributed by atoms with E-state index in [1.807, 2.05) is 0 Å². The number of carbonyl (C=O) groups is 3. The molecule has 0 radical (unpaired) electrons. The molecule has 30 heavy (non-hydrogen) atoms. The number of epoxide rings is 1. The van der Waals surface area contributed by atoms with Crippen molar-refractivity contribution in [2.45, 2.75) is 62.8 Å². The van der Waals surface area contributed by atoms with Gasteiger partial charge in [0.25, 0.3) is 0 Å². The molecule has 0 saturated carbocycles. The number of nitrogens with zero attached hydrogens (tertiary/aromatic N) is 3. The fourth-order valence-corrected chi connectivity index (χ4v) is 4.29. The van der Waals surface area contributed by atoms with Crippen LogP contribution in [0.4, 0.5) is 0 Å². The number of hydrogen-bond donors (Lipinski definition) is 4. The number of carboxylic acids is 1. The lowest BCUT2D eigenvalue weighted by Gasteiger charge is -2.29. The quantitative estimate of drug-likeness (QED) is 0.142. The van der Waals surface area contributed by atoms with E-state index in [1.54, 1.807) is 0 Å². The molecule has 168 valence electrons. The van der Waals surface area contributed by atoms with Crippen LogP contribution in [0.2, 0.25) is 0 Å². The number of carboxylic acid groups (broad SMARTS) is 1. The Balaban J connectivity index is 1.65. The molecule has 0 aromatic carbocycles. The highest BCUT2D eigenvalue weighted by Crippen LogP contribution is 2.23. The van der Waals surface area contributed by atoms with Gasteiger partial charge in [0.2, 0.25) is 11.8 Å². The number of carbonyl (C=O) groups excluding carboxylic acids is 2. The van der Waals surface area contributed by atoms with Crippen molar-refractivity contribution in [3.05, 3.63) is 0 Å². The maximum atomic E-state index is 13.1. The molecule has 4 atom stereocenters. The third-order valence-electron chi connectivity index (χ3n) is 5.89. The Bertz CT molecular complexity index is 678. The number of ether oxygens (including phenoxy) is 1. The van der Waals surface area contributed by atoms with E-state index in [4.69, 9.17) is 16.2 Å². The van der Waals surface area contributed by atoms with Crippen molar-refractivity contribution in [2.75, 3.05) is 32.8 Å². The van der Waals surface area contributed by atoms with Crippen LogP contribution in [0.25, 0.3) is 0 Å². The Morgan fingerprint density at radius 2 is 1.87 bits per heavy atom. The summed E-state index contributed by atoms with van der Waals surface area (Å²) in [5.74, 6) is -1.60. The Morgan fingerprint density at radius 3 is 2.53 bits per heavy atom. The standard InChI is InChI=1S/C19H32N6O5/c20-19(21)22-7-1-4-13(17(27)25-9-3-6-15(25)18(28)29)23-16(26)14-5-2-8-24(14)10-12-11-30-12/h12-15H,1-11H2,(H,23,26)(H,28,29)(H4,20,21,22)/t12?,13-,14-,15-/m0/s1. The third kappa shape index (κ3) is 5.82. The number of hydrogen-bond acceptors (Lipinski definition) is 6. The fourth-order valence-electron chi connectivity index (χ4n) is 4.29. The summed E-state index contributed by atoms with van der Waals surface area (Å²) in [5.41, 5.74) is 10.7. The van der Waals surface area contributed by atoms with Gasteiger partial charge < -0.3 is 31.5 Å². The first kappa shape index (κ1) is 22.3. The molecule has 0 bridgehead atoms. The topological polar surface area (TPSA) is 167 Å². The summed E-state index contributed by atoms with van der Waals surface area (Å²) in [5, 5.41) is 12.3. The zero-order valence-corrected chi connectivity index (χ0v) is 17.2. The van der Waals surface area contributed by atoms with E-state index in [-0.39, 0.29) is 29.9 Å². The molecule has 3 aliphatic heterocycles. The number of aliphatic imine (C=N–C) groups is 1. The van der Waals surface area contributed by atoms with E-state index in [2.05, 4.69) is 15.2 Å². The second-order valence-electron chi connectivity index (χ2n) is 8.15. The van der Waals surface area contributed by atoms with Gasteiger partial charge in [-0.3, -0.25) is 19.5 Å². The third-order valence-corrected chi connectivity index (χ3v) is 5.89. The summed E-state index contributed by atoms with van der Waals surface area (Å²) < 4.78 is 5.28. The number of aliphatic carboxylic acids is 1. The summed E-state index contributed by atoms with van der Waals surface area (Å²) >= 11 is 0. The molecule has 0 aromatic heterocycles. The highest BCUT2D eigenvalue weighted by atomic mass is 16.6. The number of nitrogens with two attached hydrogens (primary N) is 2. The lowest BCUT2D eigenvalue weighted by molar-refractivity contribution is -0.149. The van der Waals surface area contributed by atoms with Gasteiger partial charge in [-0.05, 0) is 45.1 Å². The largest absolute Gasteiger partial charge is 0.480 e. The second kappa shape index (κ2) is 10.1. The van der Waals surface area contributed by atoms with E-state index in [1.165, 1.54) is 4.90 Å². The molecule has 11 nitrogen and oxygen atoms in total. The molecule has 2 amide bonds. The number of rotatable bonds is 10. The highest BCUT2D eigenvalue weighted by molar-refractivity contribution is 5.92. The van der Waals surface area contributed by atoms with Crippen LogP contribution in [-0.4, -0.2) is 95.7 Å². The van der Waals surface area contributed by atoms with Crippen molar-refractivity contribution < 1.29 is 24.2 Å². The van der Waals surface area contributed by atoms with Gasteiger partial charge in [-0.25, -0.2) is 4.79 Å². The first-order valence-electron chi connectivity index (χ1n) is 10.6. The summed E-state index contributed by atoms with van der Waals surface area (Å²) in [4.78, 5) is 45.0. The minimum Gasteiger partial charge on any atom is -0.480 e.